The van der Waals surface area contributed by atoms with E-state index in [4.69, 9.17) is 5.11 Å². The molecule has 0 radical (unpaired) electrons. The van der Waals surface area contributed by atoms with Crippen LogP contribution in [-0.4, -0.2) is 139 Å². The van der Waals surface area contributed by atoms with Crippen molar-refractivity contribution >= 4 is 83.6 Å². The van der Waals surface area contributed by atoms with E-state index < -0.39 is 0 Å². The van der Waals surface area contributed by atoms with Gasteiger partial charge in [0.1, 0.15) is 0 Å². The summed E-state index contributed by atoms with van der Waals surface area (Å²) in [6.07, 6.45) is 5.08. The lowest BCUT2D eigenvalue weighted by molar-refractivity contribution is -0.138. The first kappa shape index (κ1) is 90.6. The Bertz CT molecular complexity index is 1900. The molecule has 0 aliphatic rings. The first-order chi connectivity index (χ1) is 39.9. The van der Waals surface area contributed by atoms with Gasteiger partial charge in [0.2, 0.25) is 0 Å². The zero-order valence-electron chi connectivity index (χ0n) is 55.4. The Kier molecular flexibility index (Phi) is 91.0. The largest absolute Gasteiger partial charge is 0.469 e. The molecule has 0 spiro atoms. The molecule has 0 saturated carbocycles. The van der Waals surface area contributed by atoms with Crippen molar-refractivity contribution in [1.29, 1.82) is 0 Å². The molecule has 0 aromatic heterocycles. The lowest BCUT2D eigenvalue weighted by Crippen LogP contribution is -1.88. The van der Waals surface area contributed by atoms with Crippen LogP contribution in [0.1, 0.15) is 80.5 Å². The van der Waals surface area contributed by atoms with Crippen LogP contribution >= 0.6 is 0 Å². The van der Waals surface area contributed by atoms with Crippen molar-refractivity contribution in [3.05, 3.63) is 251 Å². The van der Waals surface area contributed by atoms with Crippen LogP contribution in [0.2, 0.25) is 24.2 Å². The van der Waals surface area contributed by atoms with Gasteiger partial charge < -0.3 is 24.1 Å². The van der Waals surface area contributed by atoms with E-state index in [0.717, 1.165) is 7.11 Å². The second kappa shape index (κ2) is 82.3. The van der Waals surface area contributed by atoms with Gasteiger partial charge in [-0.25, -0.2) is 0 Å². The molecule has 0 aliphatic heterocycles. The number of aliphatic hydroxyl groups is 1. The normalized spacial score (nSPS) is 8.56. The van der Waals surface area contributed by atoms with E-state index in [0.29, 0.717) is 0 Å². The first-order valence-electron chi connectivity index (χ1n) is 29.5. The molecule has 14 heteroatoms. The molecule has 0 amide bonds. The van der Waals surface area contributed by atoms with Crippen molar-refractivity contribution in [3.8, 4) is 0 Å². The van der Waals surface area contributed by atoms with Crippen molar-refractivity contribution in [3.63, 3.8) is 0 Å². The summed E-state index contributed by atoms with van der Waals surface area (Å²) in [7, 11) is 19.3. The lowest BCUT2D eigenvalue weighted by Gasteiger charge is -1.93. The third-order valence-electron chi connectivity index (χ3n) is 9.85. The lowest BCUT2D eigenvalue weighted by atomic mass is 10.2. The summed E-state index contributed by atoms with van der Waals surface area (Å²) in [6, 6.07) is 83.7. The topological polar surface area (TPSA) is 91.3 Å². The molecular formula is C68H118O7Si7. The molecule has 0 unspecified atom stereocenters. The Morgan fingerprint density at radius 3 is 0.476 bits per heavy atom. The van der Waals surface area contributed by atoms with Gasteiger partial charge in [-0.05, 0) is 66.1 Å². The van der Waals surface area contributed by atoms with Crippen LogP contribution in [0, 0.1) is 0 Å². The van der Waals surface area contributed by atoms with E-state index in [1.807, 2.05) is 27.7 Å². The van der Waals surface area contributed by atoms with E-state index in [1.165, 1.54) is 207 Å². The van der Waals surface area contributed by atoms with E-state index in [9.17, 15) is 9.59 Å². The van der Waals surface area contributed by atoms with Gasteiger partial charge in [0.15, 0.2) is 0 Å². The fourth-order valence-electron chi connectivity index (χ4n) is 5.87. The molecule has 7 nitrogen and oxygen atoms in total. The summed E-state index contributed by atoms with van der Waals surface area (Å²) >= 11 is 0. The van der Waals surface area contributed by atoms with Gasteiger partial charge in [-0.15, -0.1) is 0 Å². The summed E-state index contributed by atoms with van der Waals surface area (Å²) in [4.78, 5) is 19.2. The van der Waals surface area contributed by atoms with Gasteiger partial charge >= 0.3 is 11.9 Å². The number of rotatable bonds is 11. The highest BCUT2D eigenvalue weighted by Gasteiger charge is 1.88. The molecule has 82 heavy (non-hydrogen) atoms. The van der Waals surface area contributed by atoms with Crippen molar-refractivity contribution in [2.75, 3.05) is 49.8 Å². The van der Waals surface area contributed by atoms with Crippen LogP contribution in [-0.2, 0) is 72.4 Å². The predicted molar refractivity (Wildman–Crippen MR) is 392 cm³/mol. The highest BCUT2D eigenvalue weighted by atomic mass is 28.2. The Morgan fingerprint density at radius 1 is 0.293 bits per heavy atom. The minimum atomic E-state index is -0.245. The number of carbonyl (C=O) groups excluding carboxylic acids is 2. The average molecular weight is 1240 g/mol. The van der Waals surface area contributed by atoms with Gasteiger partial charge in [0, 0.05) is 121 Å². The van der Waals surface area contributed by atoms with Crippen LogP contribution in [0.5, 0.6) is 0 Å². The number of methoxy groups -OCH3 is 4. The van der Waals surface area contributed by atoms with E-state index in [2.05, 4.69) is 231 Å². The van der Waals surface area contributed by atoms with E-state index in [-0.39, 0.29) is 11.9 Å². The molecule has 7 aromatic rings. The number of aryl methyl sites for hydroxylation is 4. The van der Waals surface area contributed by atoms with Gasteiger partial charge in [-0.2, -0.15) is 0 Å². The minimum absolute atomic E-state index is 0.245. The molecule has 0 bridgehead atoms. The molecule has 0 saturated heterocycles. The molecule has 460 valence electrons. The van der Waals surface area contributed by atoms with Gasteiger partial charge in [0.05, 0.1) is 14.2 Å². The Hall–Kier alpha value is -5.12. The maximum absolute atomic E-state index is 9.59. The maximum atomic E-state index is 9.59. The van der Waals surface area contributed by atoms with Crippen LogP contribution in [0.15, 0.2) is 212 Å². The molecule has 0 heterocycles. The number of ether oxygens (including phenoxy) is 4. The quantitative estimate of drug-likeness (QED) is 0.103. The third kappa shape index (κ3) is 76.9. The zero-order valence-corrected chi connectivity index (χ0v) is 69.4. The van der Waals surface area contributed by atoms with Gasteiger partial charge in [-0.1, -0.05) is 281 Å². The van der Waals surface area contributed by atoms with Crippen LogP contribution < -0.4 is 0 Å². The molecule has 1 N–H and O–H groups in total. The summed E-state index contributed by atoms with van der Waals surface area (Å²) < 4.78 is 16.7. The molecule has 0 atom stereocenters. The number of hydrogen-bond donors (Lipinski definition) is 1. The fourth-order valence-corrected chi connectivity index (χ4v) is 9.60. The standard InChI is InChI=1S/4C8H12Si.3C7H10Si.2C3H6O2.2C2H6O.2C2H6.CH4O/c4*9-7-6-8-4-2-1-3-5-8;3*8-6-7-4-2-1-3-5-7;2*1-3(4)5-2;2*1-3-2;3*1-2/h4*1-5H,6-7H2,9H3;3*1-5H,6H2,8H3;2*1-2H3;2*1-2H3;2*1-2H3;2H,1H3. The van der Waals surface area contributed by atoms with Crippen LogP contribution in [0.25, 0.3) is 0 Å². The number of esters is 2. The van der Waals surface area contributed by atoms with Gasteiger partial charge in [-0.3, -0.25) is 9.59 Å². The smallest absolute Gasteiger partial charge is 0.302 e. The minimum Gasteiger partial charge on any atom is -0.469 e. The monoisotopic (exact) mass is 1240 g/mol. The fraction of sp³-hybridized carbons (Fsp3) is 0.353. The Labute approximate surface area is 524 Å². The molecule has 0 fully saturated rings. The van der Waals surface area contributed by atoms with E-state index in [1.54, 1.807) is 28.4 Å². The molecular weight excluding hydrogens is 1130 g/mol. The SMILES string of the molecule is CC.CC.CO.COC.COC.COC(C)=O.COC(C)=O.[SiH3]CCc1ccccc1.[SiH3]CCc1ccccc1.[SiH3]CCc1ccccc1.[SiH3]CCc1ccccc1.[SiH3]Cc1ccccc1.[SiH3]Cc1ccccc1.[SiH3]Cc1ccccc1. The average Bonchev–Trinajstić information content (AvgIpc) is 3.54. The summed E-state index contributed by atoms with van der Waals surface area (Å²) in [5.41, 5.74) is 10.3. The zero-order chi connectivity index (χ0) is 63.6. The third-order valence-corrected chi connectivity index (χ3v) is 14.3. The number of benzene rings is 7. The highest BCUT2D eigenvalue weighted by Crippen LogP contribution is 2.03. The summed E-state index contributed by atoms with van der Waals surface area (Å²) in [6.45, 7) is 10.7. The Morgan fingerprint density at radius 2 is 0.402 bits per heavy atom. The predicted octanol–water partition coefficient (Wildman–Crippen LogP) is 8.25. The Balaban J connectivity index is -0.000000151. The summed E-state index contributed by atoms with van der Waals surface area (Å²) in [5, 5.41) is 7.00. The van der Waals surface area contributed by atoms with Crippen molar-refractivity contribution in [2.24, 2.45) is 0 Å². The number of carbonyl (C=O) groups is 2. The second-order valence-electron chi connectivity index (χ2n) is 16.7. The van der Waals surface area contributed by atoms with Crippen molar-refractivity contribution in [2.45, 2.75) is 110 Å². The molecule has 0 aliphatic carbocycles. The molecule has 7 rings (SSSR count). The summed E-state index contributed by atoms with van der Waals surface area (Å²) in [5.74, 6) is -0.491. The highest BCUT2D eigenvalue weighted by molar-refractivity contribution is 6.09. The molecule has 7 aromatic carbocycles. The van der Waals surface area contributed by atoms with Crippen molar-refractivity contribution < 1.29 is 33.6 Å². The van der Waals surface area contributed by atoms with E-state index >= 15 is 0 Å². The van der Waals surface area contributed by atoms with Gasteiger partial charge in [0.25, 0.3) is 0 Å². The number of hydrogen-bond acceptors (Lipinski definition) is 7. The van der Waals surface area contributed by atoms with Crippen LogP contribution in [0.3, 0.4) is 0 Å². The second-order valence-corrected chi connectivity index (χ2v) is 22.8. The number of aliphatic hydroxyl groups excluding tert-OH is 1. The van der Waals surface area contributed by atoms with Crippen molar-refractivity contribution in [1.82, 2.24) is 0 Å². The first-order valence-corrected chi connectivity index (χ1v) is 39.4. The maximum Gasteiger partial charge on any atom is 0.302 e. The van der Waals surface area contributed by atoms with Crippen LogP contribution in [0.4, 0.5) is 0 Å².